The summed E-state index contributed by atoms with van der Waals surface area (Å²) in [5.41, 5.74) is 7.61. The number of fused-ring (bicyclic) bond motifs is 5. The second kappa shape index (κ2) is 6.23. The predicted molar refractivity (Wildman–Crippen MR) is 120 cm³/mol. The van der Waals surface area contributed by atoms with Crippen LogP contribution in [0, 0.1) is 0 Å². The van der Waals surface area contributed by atoms with Gasteiger partial charge in [-0.1, -0.05) is 66.2 Å². The summed E-state index contributed by atoms with van der Waals surface area (Å²) >= 11 is 6.38. The van der Waals surface area contributed by atoms with Crippen molar-refractivity contribution in [3.8, 4) is 16.8 Å². The van der Waals surface area contributed by atoms with Gasteiger partial charge in [0, 0.05) is 10.7 Å². The highest BCUT2D eigenvalue weighted by atomic mass is 35.5. The highest BCUT2D eigenvalue weighted by molar-refractivity contribution is 6.31. The Bertz CT molecular complexity index is 1510. The molecule has 2 heterocycles. The number of aromatic nitrogens is 3. The molecule has 3 nitrogen and oxygen atoms in total. The van der Waals surface area contributed by atoms with Crippen molar-refractivity contribution in [1.29, 1.82) is 0 Å². The van der Waals surface area contributed by atoms with Gasteiger partial charge in [0.1, 0.15) is 0 Å². The van der Waals surface area contributed by atoms with Crippen LogP contribution < -0.4 is 0 Å². The van der Waals surface area contributed by atoms with E-state index in [-0.39, 0.29) is 0 Å². The van der Waals surface area contributed by atoms with Crippen molar-refractivity contribution in [2.24, 2.45) is 0 Å². The van der Waals surface area contributed by atoms with Gasteiger partial charge in [0.15, 0.2) is 0 Å². The first-order chi connectivity index (χ1) is 14.3. The molecule has 4 aromatic carbocycles. The second-order valence-electron chi connectivity index (χ2n) is 7.12. The topological polar surface area (TPSA) is 22.2 Å². The van der Waals surface area contributed by atoms with Crippen LogP contribution in [0.5, 0.6) is 0 Å². The lowest BCUT2D eigenvalue weighted by molar-refractivity contribution is 1.11. The van der Waals surface area contributed by atoms with Crippen LogP contribution >= 0.6 is 11.6 Å². The van der Waals surface area contributed by atoms with Crippen molar-refractivity contribution in [3.05, 3.63) is 102 Å². The molecule has 0 amide bonds. The molecule has 6 rings (SSSR count). The molecular formula is C25H16ClN3. The summed E-state index contributed by atoms with van der Waals surface area (Å²) in [4.78, 5) is 4.94. The Kier molecular flexibility index (Phi) is 3.52. The summed E-state index contributed by atoms with van der Waals surface area (Å²) in [5, 5.41) is 0.711. The van der Waals surface area contributed by atoms with Gasteiger partial charge in [0.05, 0.1) is 22.1 Å². The van der Waals surface area contributed by atoms with Gasteiger partial charge < -0.3 is 0 Å². The summed E-state index contributed by atoms with van der Waals surface area (Å²) < 4.78 is 4.39. The fraction of sp³-hybridized carbons (Fsp3) is 0. The minimum Gasteiger partial charge on any atom is -0.278 e. The summed E-state index contributed by atoms with van der Waals surface area (Å²) in [5.74, 6) is 0.883. The molecule has 6 aromatic rings. The lowest BCUT2D eigenvalue weighted by atomic mass is 10.1. The Morgan fingerprint density at radius 3 is 2.31 bits per heavy atom. The first kappa shape index (κ1) is 16.4. The second-order valence-corrected chi connectivity index (χ2v) is 7.56. The predicted octanol–water partition coefficient (Wildman–Crippen LogP) is 6.75. The number of hydrogen-bond acceptors (Lipinski definition) is 1. The van der Waals surface area contributed by atoms with E-state index in [0.717, 1.165) is 33.5 Å². The Balaban J connectivity index is 1.72. The van der Waals surface area contributed by atoms with E-state index in [1.54, 1.807) is 0 Å². The molecule has 0 aliphatic carbocycles. The SMILES string of the molecule is Clc1ccc2c(c1)n(-c1cccc(-c3ccccc3)c1)c1nc3ccccc3n21. The number of nitrogens with zero attached hydrogens (tertiary/aromatic N) is 3. The third-order valence-corrected chi connectivity index (χ3v) is 5.61. The largest absolute Gasteiger partial charge is 0.278 e. The van der Waals surface area contributed by atoms with E-state index in [9.17, 15) is 0 Å². The summed E-state index contributed by atoms with van der Waals surface area (Å²) in [6, 6.07) is 33.2. The van der Waals surface area contributed by atoms with Crippen molar-refractivity contribution in [2.75, 3.05) is 0 Å². The number of benzene rings is 4. The van der Waals surface area contributed by atoms with Gasteiger partial charge in [-0.25, -0.2) is 4.98 Å². The van der Waals surface area contributed by atoms with E-state index in [0.29, 0.717) is 5.02 Å². The minimum absolute atomic E-state index is 0.711. The lowest BCUT2D eigenvalue weighted by Gasteiger charge is -2.08. The van der Waals surface area contributed by atoms with Crippen molar-refractivity contribution in [1.82, 2.24) is 14.0 Å². The molecule has 0 bridgehead atoms. The Morgan fingerprint density at radius 1 is 0.621 bits per heavy atom. The van der Waals surface area contributed by atoms with E-state index < -0.39 is 0 Å². The molecule has 29 heavy (non-hydrogen) atoms. The summed E-state index contributed by atoms with van der Waals surface area (Å²) in [6.45, 7) is 0. The molecule has 0 atom stereocenters. The number of imidazole rings is 2. The fourth-order valence-corrected chi connectivity index (χ4v) is 4.25. The minimum atomic E-state index is 0.711. The Hall–Kier alpha value is -3.56. The van der Waals surface area contributed by atoms with Gasteiger partial charge >= 0.3 is 0 Å². The summed E-state index contributed by atoms with van der Waals surface area (Å²) in [6.07, 6.45) is 0. The maximum atomic E-state index is 6.38. The van der Waals surface area contributed by atoms with Gasteiger partial charge in [-0.3, -0.25) is 8.97 Å². The molecule has 0 saturated heterocycles. The van der Waals surface area contributed by atoms with Crippen molar-refractivity contribution in [2.45, 2.75) is 0 Å². The zero-order valence-corrected chi connectivity index (χ0v) is 16.2. The van der Waals surface area contributed by atoms with E-state index in [1.165, 1.54) is 11.1 Å². The van der Waals surface area contributed by atoms with Crippen LogP contribution in [0.2, 0.25) is 5.02 Å². The smallest absolute Gasteiger partial charge is 0.220 e. The van der Waals surface area contributed by atoms with Crippen molar-refractivity contribution in [3.63, 3.8) is 0 Å². The van der Waals surface area contributed by atoms with Crippen molar-refractivity contribution >= 4 is 39.4 Å². The molecule has 0 radical (unpaired) electrons. The molecule has 0 aliphatic heterocycles. The average Bonchev–Trinajstić information content (AvgIpc) is 3.28. The Labute approximate surface area is 172 Å². The van der Waals surface area contributed by atoms with Crippen LogP contribution in [0.25, 0.3) is 44.7 Å². The van der Waals surface area contributed by atoms with E-state index in [1.807, 2.05) is 30.3 Å². The molecule has 0 spiro atoms. The zero-order valence-electron chi connectivity index (χ0n) is 15.5. The fourth-order valence-electron chi connectivity index (χ4n) is 4.08. The quantitative estimate of drug-likeness (QED) is 0.319. The first-order valence-corrected chi connectivity index (χ1v) is 9.90. The van der Waals surface area contributed by atoms with Crippen LogP contribution in [0.3, 0.4) is 0 Å². The van der Waals surface area contributed by atoms with Gasteiger partial charge in [-0.05, 0) is 53.6 Å². The van der Waals surface area contributed by atoms with E-state index in [2.05, 4.69) is 75.7 Å². The number of hydrogen-bond donors (Lipinski definition) is 0. The normalized spacial score (nSPS) is 11.6. The number of halogens is 1. The van der Waals surface area contributed by atoms with Crippen LogP contribution in [0.4, 0.5) is 0 Å². The van der Waals surface area contributed by atoms with Crippen LogP contribution in [0.1, 0.15) is 0 Å². The van der Waals surface area contributed by atoms with E-state index >= 15 is 0 Å². The molecule has 0 N–H and O–H groups in total. The van der Waals surface area contributed by atoms with Crippen molar-refractivity contribution < 1.29 is 0 Å². The van der Waals surface area contributed by atoms with Gasteiger partial charge in [0.2, 0.25) is 5.78 Å². The van der Waals surface area contributed by atoms with Gasteiger partial charge in [0.25, 0.3) is 0 Å². The Morgan fingerprint density at radius 2 is 1.41 bits per heavy atom. The number of rotatable bonds is 2. The van der Waals surface area contributed by atoms with Crippen LogP contribution in [-0.2, 0) is 0 Å². The monoisotopic (exact) mass is 393 g/mol. The molecule has 0 fully saturated rings. The molecule has 0 saturated carbocycles. The molecule has 0 aliphatic rings. The number of para-hydroxylation sites is 2. The molecule has 0 unspecified atom stereocenters. The highest BCUT2D eigenvalue weighted by Crippen LogP contribution is 2.32. The maximum Gasteiger partial charge on any atom is 0.220 e. The highest BCUT2D eigenvalue weighted by Gasteiger charge is 2.17. The molecule has 138 valence electrons. The zero-order chi connectivity index (χ0) is 19.4. The van der Waals surface area contributed by atoms with Gasteiger partial charge in [-0.2, -0.15) is 0 Å². The molecule has 4 heteroatoms. The standard InChI is InChI=1S/C25H16ClN3/c26-19-13-14-23-24(16-19)28(25-27-21-11-4-5-12-22(21)29(23)25)20-10-6-9-18(15-20)17-7-2-1-3-8-17/h1-16H. The molecule has 2 aromatic heterocycles. The lowest BCUT2D eigenvalue weighted by Crippen LogP contribution is -1.95. The average molecular weight is 394 g/mol. The third kappa shape index (κ3) is 2.48. The molecular weight excluding hydrogens is 378 g/mol. The first-order valence-electron chi connectivity index (χ1n) is 9.53. The van der Waals surface area contributed by atoms with Crippen LogP contribution in [0.15, 0.2) is 97.1 Å². The van der Waals surface area contributed by atoms with Gasteiger partial charge in [-0.15, -0.1) is 0 Å². The summed E-state index contributed by atoms with van der Waals surface area (Å²) in [7, 11) is 0. The third-order valence-electron chi connectivity index (χ3n) is 5.37. The van der Waals surface area contributed by atoms with E-state index in [4.69, 9.17) is 16.6 Å². The van der Waals surface area contributed by atoms with Crippen LogP contribution in [-0.4, -0.2) is 14.0 Å². The maximum absolute atomic E-state index is 6.38.